The summed E-state index contributed by atoms with van der Waals surface area (Å²) in [6.07, 6.45) is 0. The van der Waals surface area contributed by atoms with Gasteiger partial charge in [0.25, 0.3) is 0 Å². The number of benzene rings is 2. The predicted molar refractivity (Wildman–Crippen MR) is 170 cm³/mol. The summed E-state index contributed by atoms with van der Waals surface area (Å²) >= 11 is 5.36. The van der Waals surface area contributed by atoms with Gasteiger partial charge in [-0.05, 0) is 73.5 Å². The van der Waals surface area contributed by atoms with Crippen LogP contribution in [0.2, 0.25) is 5.28 Å². The third kappa shape index (κ3) is 8.76. The van der Waals surface area contributed by atoms with Crippen LogP contribution >= 0.6 is 31.9 Å². The van der Waals surface area contributed by atoms with Crippen LogP contribution in [-0.4, -0.2) is 14.8 Å². The third-order valence-corrected chi connectivity index (χ3v) is 9.74. The molecule has 2 rings (SSSR count). The highest BCUT2D eigenvalue weighted by Gasteiger charge is 2.40. The van der Waals surface area contributed by atoms with E-state index in [9.17, 15) is 0 Å². The van der Waals surface area contributed by atoms with Crippen LogP contribution in [-0.2, 0) is 21.7 Å². The van der Waals surface area contributed by atoms with Crippen molar-refractivity contribution in [3.8, 4) is 11.5 Å². The molecule has 0 heterocycles. The van der Waals surface area contributed by atoms with Crippen LogP contribution in [0.5, 0.6) is 11.5 Å². The van der Waals surface area contributed by atoms with Crippen LogP contribution in [0.25, 0.3) is 0 Å². The molecule has 0 fully saturated rings. The van der Waals surface area contributed by atoms with Crippen LogP contribution in [0.1, 0.15) is 119 Å². The lowest BCUT2D eigenvalue weighted by Crippen LogP contribution is -2.35. The van der Waals surface area contributed by atoms with Gasteiger partial charge in [0, 0.05) is 8.95 Å². The molecule has 0 aromatic heterocycles. The van der Waals surface area contributed by atoms with E-state index >= 15 is 0 Å². The van der Waals surface area contributed by atoms with Gasteiger partial charge < -0.3 is 7.58 Å². The minimum absolute atomic E-state index is 0.0688. The molecule has 0 saturated carbocycles. The van der Waals surface area contributed by atoms with E-state index in [4.69, 9.17) is 7.58 Å². The zero-order chi connectivity index (χ0) is 28.7. The van der Waals surface area contributed by atoms with Crippen LogP contribution in [0.15, 0.2) is 33.2 Å². The molecular formula is C32H49AlBr2O2. The van der Waals surface area contributed by atoms with E-state index in [1.807, 2.05) is 0 Å². The molecule has 0 aliphatic carbocycles. The highest BCUT2D eigenvalue weighted by atomic mass is 79.9. The second kappa shape index (κ2) is 11.6. The lowest BCUT2D eigenvalue weighted by molar-refractivity contribution is 0.378. The summed E-state index contributed by atoms with van der Waals surface area (Å²) in [5.41, 5.74) is 4.61. The molecule has 5 heteroatoms. The Balaban J connectivity index is 2.80. The van der Waals surface area contributed by atoms with E-state index in [0.29, 0.717) is 5.92 Å². The summed E-state index contributed by atoms with van der Waals surface area (Å²) in [5.74, 6) is 2.48. The topological polar surface area (TPSA) is 18.5 Å². The van der Waals surface area contributed by atoms with Crippen LogP contribution in [0.3, 0.4) is 0 Å². The Labute approximate surface area is 249 Å². The molecule has 0 radical (unpaired) electrons. The molecule has 0 N–H and O–H groups in total. The van der Waals surface area contributed by atoms with Crippen LogP contribution in [0, 0.1) is 5.92 Å². The standard InChI is InChI=1S/2C14H21BrO.C4H9.Al/c2*1-13(2,3)10-7-9(15)8-11(12(10)16)14(4,5)6;1-4(2)3;/h2*7-8,16H,1-6H3;4H,1H2,2-3H3;/q;;;+2/p-2. The molecular weight excluding hydrogens is 603 g/mol. The number of halogens is 2. The molecule has 2 aromatic carbocycles. The van der Waals surface area contributed by atoms with Gasteiger partial charge in [-0.1, -0.05) is 135 Å². The molecule has 0 aliphatic heterocycles. The van der Waals surface area contributed by atoms with Crippen LogP contribution in [0.4, 0.5) is 0 Å². The monoisotopic (exact) mass is 650 g/mol. The Hall–Kier alpha value is -0.468. The van der Waals surface area contributed by atoms with Crippen molar-refractivity contribution in [1.29, 1.82) is 0 Å². The molecule has 0 spiro atoms. The van der Waals surface area contributed by atoms with Crippen molar-refractivity contribution in [3.05, 3.63) is 55.5 Å². The van der Waals surface area contributed by atoms with E-state index in [1.54, 1.807) is 0 Å². The quantitative estimate of drug-likeness (QED) is 0.289. The molecule has 2 aromatic rings. The Kier molecular flexibility index (Phi) is 10.2. The van der Waals surface area contributed by atoms with Crippen molar-refractivity contribution in [2.75, 3.05) is 0 Å². The second-order valence-corrected chi connectivity index (χ2v) is 18.6. The Morgan fingerprint density at radius 2 is 0.811 bits per heavy atom. The first-order valence-electron chi connectivity index (χ1n) is 13.5. The minimum atomic E-state index is -2.21. The van der Waals surface area contributed by atoms with Gasteiger partial charge >= 0.3 is 14.8 Å². The summed E-state index contributed by atoms with van der Waals surface area (Å²) < 4.78 is 16.5. The summed E-state index contributed by atoms with van der Waals surface area (Å²) in [4.78, 5) is 0. The molecule has 0 amide bonds. The van der Waals surface area contributed by atoms with E-state index in [0.717, 1.165) is 25.7 Å². The lowest BCUT2D eigenvalue weighted by atomic mass is 9.79. The lowest BCUT2D eigenvalue weighted by Gasteiger charge is -2.34. The Morgan fingerprint density at radius 1 is 0.568 bits per heavy atom. The number of rotatable bonds is 6. The van der Waals surface area contributed by atoms with Crippen molar-refractivity contribution >= 4 is 46.7 Å². The fourth-order valence-electron chi connectivity index (χ4n) is 4.44. The van der Waals surface area contributed by atoms with Crippen molar-refractivity contribution in [2.45, 2.75) is 124 Å². The Bertz CT molecular complexity index is 940. The number of hydrogen-bond donors (Lipinski definition) is 0. The highest BCUT2D eigenvalue weighted by molar-refractivity contribution is 9.10. The largest absolute Gasteiger partial charge is 0.857 e. The van der Waals surface area contributed by atoms with Crippen molar-refractivity contribution < 1.29 is 7.58 Å². The maximum Gasteiger partial charge on any atom is 0.857 e. The normalized spacial score (nSPS) is 13.2. The van der Waals surface area contributed by atoms with Gasteiger partial charge in [0.15, 0.2) is 0 Å². The molecule has 0 aliphatic rings. The van der Waals surface area contributed by atoms with Gasteiger partial charge in [-0.25, -0.2) is 0 Å². The molecule has 0 bridgehead atoms. The summed E-state index contributed by atoms with van der Waals surface area (Å²) in [7, 11) is 0. The SMILES string of the molecule is CC(C)[CH2][Al]([O]c1c(C(C)(C)C)cc(Br)cc1C(C)(C)C)[O]c1c(C(C)(C)C)cc(Br)cc1C(C)(C)C. The number of hydrogen-bond acceptors (Lipinski definition) is 2. The molecule has 0 atom stereocenters. The Morgan fingerprint density at radius 3 is 1.00 bits per heavy atom. The molecule has 0 saturated heterocycles. The third-order valence-electron chi connectivity index (χ3n) is 6.50. The molecule has 2 nitrogen and oxygen atoms in total. The summed E-state index contributed by atoms with van der Waals surface area (Å²) in [6.45, 7) is 31.7. The highest BCUT2D eigenvalue weighted by Crippen LogP contribution is 2.45. The summed E-state index contributed by atoms with van der Waals surface area (Å²) in [6, 6.07) is 8.91. The zero-order valence-electron chi connectivity index (χ0n) is 25.7. The first-order chi connectivity index (χ1) is 16.5. The molecule has 37 heavy (non-hydrogen) atoms. The smallest absolute Gasteiger partial charge is 0.611 e. The van der Waals surface area contributed by atoms with Gasteiger partial charge in [-0.2, -0.15) is 0 Å². The molecule has 206 valence electrons. The average Bonchev–Trinajstić information content (AvgIpc) is 2.66. The van der Waals surface area contributed by atoms with Gasteiger partial charge in [0.05, 0.1) is 11.5 Å². The fourth-order valence-corrected chi connectivity index (χ4v) is 7.40. The van der Waals surface area contributed by atoms with Gasteiger partial charge in [0.1, 0.15) is 0 Å². The van der Waals surface area contributed by atoms with E-state index < -0.39 is 14.8 Å². The van der Waals surface area contributed by atoms with E-state index in [-0.39, 0.29) is 21.7 Å². The average molecular weight is 653 g/mol. The maximum atomic E-state index is 7.15. The zero-order valence-corrected chi connectivity index (χ0v) is 30.1. The van der Waals surface area contributed by atoms with E-state index in [2.05, 4.69) is 153 Å². The first-order valence-corrected chi connectivity index (χ1v) is 16.9. The van der Waals surface area contributed by atoms with E-state index in [1.165, 1.54) is 22.3 Å². The van der Waals surface area contributed by atoms with Crippen molar-refractivity contribution in [2.24, 2.45) is 5.92 Å². The van der Waals surface area contributed by atoms with Crippen molar-refractivity contribution in [1.82, 2.24) is 0 Å². The summed E-state index contributed by atoms with van der Waals surface area (Å²) in [5, 5.41) is 0.923. The van der Waals surface area contributed by atoms with Crippen LogP contribution < -0.4 is 7.58 Å². The minimum Gasteiger partial charge on any atom is -0.611 e. The van der Waals surface area contributed by atoms with Gasteiger partial charge in [0.2, 0.25) is 0 Å². The van der Waals surface area contributed by atoms with Gasteiger partial charge in [-0.3, -0.25) is 0 Å². The first kappa shape index (κ1) is 32.7. The molecule has 0 unspecified atom stereocenters. The van der Waals surface area contributed by atoms with Crippen molar-refractivity contribution in [3.63, 3.8) is 0 Å². The second-order valence-electron chi connectivity index (χ2n) is 15.0. The predicted octanol–water partition coefficient (Wildman–Crippen LogP) is 11.0. The fraction of sp³-hybridized carbons (Fsp3) is 0.625. The van der Waals surface area contributed by atoms with Gasteiger partial charge in [-0.15, -0.1) is 0 Å². The maximum absolute atomic E-state index is 7.15.